The van der Waals surface area contributed by atoms with Gasteiger partial charge in [0.1, 0.15) is 5.75 Å². The van der Waals surface area contributed by atoms with Crippen molar-refractivity contribution in [2.24, 2.45) is 0 Å². The molecule has 5 nitrogen and oxygen atoms in total. The lowest BCUT2D eigenvalue weighted by molar-refractivity contribution is -0.130. The fraction of sp³-hybridized carbons (Fsp3) is 0.480. The fourth-order valence-corrected chi connectivity index (χ4v) is 4.61. The van der Waals surface area contributed by atoms with E-state index >= 15 is 0 Å². The topological polar surface area (TPSA) is 50.8 Å². The summed E-state index contributed by atoms with van der Waals surface area (Å²) in [4.78, 5) is 15.8. The highest BCUT2D eigenvalue weighted by molar-refractivity contribution is 5.88. The lowest BCUT2D eigenvalue weighted by Crippen LogP contribution is -2.47. The van der Waals surface area contributed by atoms with Crippen molar-refractivity contribution in [2.75, 3.05) is 38.3 Å². The molecular formula is C25H32N2O3. The number of ether oxygens (including phenoxy) is 2. The van der Waals surface area contributed by atoms with E-state index in [0.717, 1.165) is 30.0 Å². The Hall–Kier alpha value is -2.53. The minimum absolute atomic E-state index is 0.0797. The molecule has 30 heavy (non-hydrogen) atoms. The normalized spacial score (nSPS) is 18.6. The van der Waals surface area contributed by atoms with Crippen molar-refractivity contribution in [1.29, 1.82) is 0 Å². The Morgan fingerprint density at radius 3 is 2.30 bits per heavy atom. The standard InChI is InChI=1S/C25H32N2O3/c1-29-23-11-7-21(8-12-23)25(13-17-30-18-14-25)24(28)26-19-20-5-9-22(10-6-20)27-15-3-2-4-16-27/h5-12H,2-4,13-19H2,1H3,(H,26,28). The SMILES string of the molecule is COc1ccc(C2(C(=O)NCc3ccc(N4CCCCC4)cc3)CCOCC2)cc1. The van der Waals surface area contributed by atoms with Crippen molar-refractivity contribution in [3.8, 4) is 5.75 Å². The van der Waals surface area contributed by atoms with Crippen LogP contribution in [-0.4, -0.2) is 39.3 Å². The smallest absolute Gasteiger partial charge is 0.231 e. The molecule has 1 amide bonds. The van der Waals surface area contributed by atoms with Gasteiger partial charge < -0.3 is 19.7 Å². The molecule has 2 aliphatic heterocycles. The van der Waals surface area contributed by atoms with Gasteiger partial charge in [0.15, 0.2) is 0 Å². The first-order valence-electron chi connectivity index (χ1n) is 11.1. The second kappa shape index (κ2) is 9.52. The van der Waals surface area contributed by atoms with Crippen LogP contribution in [0.2, 0.25) is 0 Å². The van der Waals surface area contributed by atoms with Crippen molar-refractivity contribution >= 4 is 11.6 Å². The van der Waals surface area contributed by atoms with Crippen LogP contribution in [0.15, 0.2) is 48.5 Å². The molecule has 0 spiro atoms. The number of carbonyl (C=O) groups is 1. The summed E-state index contributed by atoms with van der Waals surface area (Å²) in [6.07, 6.45) is 5.27. The van der Waals surface area contributed by atoms with Crippen molar-refractivity contribution < 1.29 is 14.3 Å². The third-order valence-electron chi connectivity index (χ3n) is 6.53. The van der Waals surface area contributed by atoms with Crippen LogP contribution in [-0.2, 0) is 21.5 Å². The van der Waals surface area contributed by atoms with E-state index in [9.17, 15) is 4.79 Å². The molecule has 2 aromatic rings. The summed E-state index contributed by atoms with van der Waals surface area (Å²) >= 11 is 0. The van der Waals surface area contributed by atoms with Gasteiger partial charge in [-0.15, -0.1) is 0 Å². The van der Waals surface area contributed by atoms with Gasteiger partial charge in [0.05, 0.1) is 12.5 Å². The molecule has 0 radical (unpaired) electrons. The zero-order valence-corrected chi connectivity index (χ0v) is 17.9. The average Bonchev–Trinajstić information content (AvgIpc) is 2.84. The molecule has 0 bridgehead atoms. The molecule has 0 unspecified atom stereocenters. The summed E-state index contributed by atoms with van der Waals surface area (Å²) in [5, 5.41) is 3.20. The Balaban J connectivity index is 1.43. The quantitative estimate of drug-likeness (QED) is 0.783. The predicted octanol–water partition coefficient (Wildman–Crippen LogP) is 4.05. The molecule has 0 aliphatic carbocycles. The molecular weight excluding hydrogens is 376 g/mol. The van der Waals surface area contributed by atoms with Crippen molar-refractivity contribution in [1.82, 2.24) is 5.32 Å². The second-order valence-corrected chi connectivity index (χ2v) is 8.32. The summed E-state index contributed by atoms with van der Waals surface area (Å²) in [5.74, 6) is 0.881. The Kier molecular flexibility index (Phi) is 6.58. The Morgan fingerprint density at radius 1 is 1.00 bits per heavy atom. The number of piperidine rings is 1. The Bertz CT molecular complexity index is 820. The molecule has 5 heteroatoms. The summed E-state index contributed by atoms with van der Waals surface area (Å²) in [6.45, 7) is 4.02. The molecule has 160 valence electrons. The lowest BCUT2D eigenvalue weighted by atomic mass is 9.73. The van der Waals surface area contributed by atoms with Gasteiger partial charge in [0.2, 0.25) is 5.91 Å². The summed E-state index contributed by atoms with van der Waals surface area (Å²) in [6, 6.07) is 16.5. The number of rotatable bonds is 6. The van der Waals surface area contributed by atoms with Gasteiger partial charge in [-0.05, 0) is 67.5 Å². The van der Waals surface area contributed by atoms with Gasteiger partial charge in [0.25, 0.3) is 0 Å². The zero-order valence-electron chi connectivity index (χ0n) is 17.9. The summed E-state index contributed by atoms with van der Waals surface area (Å²) < 4.78 is 10.8. The van der Waals surface area contributed by atoms with E-state index < -0.39 is 5.41 Å². The van der Waals surface area contributed by atoms with Crippen LogP contribution in [0.5, 0.6) is 5.75 Å². The van der Waals surface area contributed by atoms with Crippen molar-refractivity contribution in [3.05, 3.63) is 59.7 Å². The highest BCUT2D eigenvalue weighted by Crippen LogP contribution is 2.36. The first-order valence-corrected chi connectivity index (χ1v) is 11.1. The van der Waals surface area contributed by atoms with Crippen molar-refractivity contribution in [3.63, 3.8) is 0 Å². The van der Waals surface area contributed by atoms with Crippen LogP contribution < -0.4 is 15.0 Å². The fourth-order valence-electron chi connectivity index (χ4n) is 4.61. The maximum atomic E-state index is 13.4. The van der Waals surface area contributed by atoms with E-state index in [2.05, 4.69) is 34.5 Å². The Labute approximate surface area is 179 Å². The molecule has 2 aromatic carbocycles. The largest absolute Gasteiger partial charge is 0.497 e. The van der Waals surface area contributed by atoms with Gasteiger partial charge in [-0.1, -0.05) is 24.3 Å². The number of amides is 1. The number of hydrogen-bond donors (Lipinski definition) is 1. The van der Waals surface area contributed by atoms with E-state index in [1.807, 2.05) is 24.3 Å². The highest BCUT2D eigenvalue weighted by atomic mass is 16.5. The molecule has 2 fully saturated rings. The van der Waals surface area contributed by atoms with Crippen LogP contribution in [0, 0.1) is 0 Å². The van der Waals surface area contributed by atoms with Crippen molar-refractivity contribution in [2.45, 2.75) is 44.1 Å². The molecule has 2 saturated heterocycles. The second-order valence-electron chi connectivity index (χ2n) is 8.32. The number of nitrogens with zero attached hydrogens (tertiary/aromatic N) is 1. The first kappa shape index (κ1) is 20.7. The molecule has 1 N–H and O–H groups in total. The number of methoxy groups -OCH3 is 1. The van der Waals surface area contributed by atoms with Gasteiger partial charge in [-0.25, -0.2) is 0 Å². The van der Waals surface area contributed by atoms with E-state index in [-0.39, 0.29) is 5.91 Å². The molecule has 0 aromatic heterocycles. The lowest BCUT2D eigenvalue weighted by Gasteiger charge is -2.36. The number of anilines is 1. The first-order chi connectivity index (χ1) is 14.7. The maximum absolute atomic E-state index is 13.4. The van der Waals surface area contributed by atoms with Gasteiger partial charge >= 0.3 is 0 Å². The number of benzene rings is 2. The van der Waals surface area contributed by atoms with Gasteiger partial charge in [-0.3, -0.25) is 4.79 Å². The van der Waals surface area contributed by atoms with Gasteiger partial charge in [-0.2, -0.15) is 0 Å². The van der Waals surface area contributed by atoms with Crippen LogP contribution in [0.25, 0.3) is 0 Å². The van der Waals surface area contributed by atoms with Gasteiger partial charge in [0, 0.05) is 38.5 Å². The highest BCUT2D eigenvalue weighted by Gasteiger charge is 2.41. The summed E-state index contributed by atoms with van der Waals surface area (Å²) in [5.41, 5.74) is 2.90. The predicted molar refractivity (Wildman–Crippen MR) is 119 cm³/mol. The molecule has 0 saturated carbocycles. The van der Waals surface area contributed by atoms with Crippen LogP contribution in [0.3, 0.4) is 0 Å². The molecule has 2 aliphatic rings. The molecule has 2 heterocycles. The maximum Gasteiger partial charge on any atom is 0.231 e. The average molecular weight is 409 g/mol. The van der Waals surface area contributed by atoms with Crippen LogP contribution >= 0.6 is 0 Å². The third-order valence-corrected chi connectivity index (χ3v) is 6.53. The number of nitrogens with one attached hydrogen (secondary N) is 1. The number of hydrogen-bond acceptors (Lipinski definition) is 4. The summed E-state index contributed by atoms with van der Waals surface area (Å²) in [7, 11) is 1.66. The molecule has 0 atom stereocenters. The van der Waals surface area contributed by atoms with E-state index in [1.165, 1.54) is 24.9 Å². The van der Waals surface area contributed by atoms with E-state index in [4.69, 9.17) is 9.47 Å². The molecule has 4 rings (SSSR count). The third kappa shape index (κ3) is 4.46. The monoisotopic (exact) mass is 408 g/mol. The minimum Gasteiger partial charge on any atom is -0.497 e. The van der Waals surface area contributed by atoms with E-state index in [1.54, 1.807) is 7.11 Å². The zero-order chi connectivity index (χ0) is 20.8. The van der Waals surface area contributed by atoms with E-state index in [0.29, 0.717) is 32.6 Å². The minimum atomic E-state index is -0.543. The van der Waals surface area contributed by atoms with Crippen LogP contribution in [0.1, 0.15) is 43.2 Å². The van der Waals surface area contributed by atoms with Crippen LogP contribution in [0.4, 0.5) is 5.69 Å². The Morgan fingerprint density at radius 2 is 1.67 bits per heavy atom. The number of carbonyl (C=O) groups excluding carboxylic acids is 1.